The minimum atomic E-state index is 0.283. The lowest BCUT2D eigenvalue weighted by Crippen LogP contribution is -2.36. The summed E-state index contributed by atoms with van der Waals surface area (Å²) in [5, 5.41) is 0. The van der Waals surface area contributed by atoms with E-state index in [1.165, 1.54) is 0 Å². The van der Waals surface area contributed by atoms with Crippen LogP contribution in [0.25, 0.3) is 0 Å². The maximum absolute atomic E-state index is 12.1. The fraction of sp³-hybridized carbons (Fsp3) is 0.688. The van der Waals surface area contributed by atoms with E-state index < -0.39 is 0 Å². The maximum atomic E-state index is 12.1. The van der Waals surface area contributed by atoms with Crippen LogP contribution in [0.5, 0.6) is 0 Å². The molecule has 0 radical (unpaired) electrons. The van der Waals surface area contributed by atoms with Crippen LogP contribution >= 0.6 is 0 Å². The van der Waals surface area contributed by atoms with Crippen molar-refractivity contribution in [1.82, 2.24) is 9.80 Å². The Morgan fingerprint density at radius 2 is 2.10 bits per heavy atom. The number of amides is 1. The third kappa shape index (κ3) is 2.49. The fourth-order valence-corrected chi connectivity index (χ4v) is 3.51. The first-order chi connectivity index (χ1) is 9.50. The minimum absolute atomic E-state index is 0.283. The van der Waals surface area contributed by atoms with Gasteiger partial charge < -0.3 is 9.32 Å². The summed E-state index contributed by atoms with van der Waals surface area (Å²) >= 11 is 0. The van der Waals surface area contributed by atoms with Gasteiger partial charge in [0.05, 0.1) is 6.54 Å². The Kier molecular flexibility index (Phi) is 3.36. The molecule has 2 aliphatic rings. The van der Waals surface area contributed by atoms with Crippen molar-refractivity contribution in [2.75, 3.05) is 27.2 Å². The lowest BCUT2D eigenvalue weighted by molar-refractivity contribution is -0.131. The highest BCUT2D eigenvalue weighted by Gasteiger charge is 2.58. The molecule has 1 saturated heterocycles. The number of hydrogen-bond donors (Lipinski definition) is 0. The third-order valence-corrected chi connectivity index (χ3v) is 4.96. The number of hydrogen-bond acceptors (Lipinski definition) is 3. The molecule has 1 aliphatic carbocycles. The summed E-state index contributed by atoms with van der Waals surface area (Å²) in [6.45, 7) is 5.04. The Bertz CT molecular complexity index is 498. The molecule has 20 heavy (non-hydrogen) atoms. The molecule has 1 saturated carbocycles. The lowest BCUT2D eigenvalue weighted by Gasteiger charge is -2.32. The van der Waals surface area contributed by atoms with Gasteiger partial charge in [-0.1, -0.05) is 0 Å². The molecule has 4 heteroatoms. The van der Waals surface area contributed by atoms with Gasteiger partial charge in [0.25, 0.3) is 0 Å². The molecule has 0 N–H and O–H groups in total. The number of carbonyl (C=O) groups is 1. The van der Waals surface area contributed by atoms with Crippen LogP contribution < -0.4 is 0 Å². The number of likely N-dealkylation sites (tertiary alicyclic amines) is 1. The van der Waals surface area contributed by atoms with E-state index in [-0.39, 0.29) is 5.92 Å². The average Bonchev–Trinajstić information content (AvgIpc) is 2.96. The van der Waals surface area contributed by atoms with Crippen molar-refractivity contribution >= 4 is 5.91 Å². The van der Waals surface area contributed by atoms with Crippen molar-refractivity contribution in [1.29, 1.82) is 0 Å². The molecule has 0 unspecified atom stereocenters. The Hall–Kier alpha value is -1.29. The lowest BCUT2D eigenvalue weighted by atomic mass is 9.90. The number of rotatable bonds is 3. The Balaban J connectivity index is 1.52. The quantitative estimate of drug-likeness (QED) is 0.850. The first kappa shape index (κ1) is 13.7. The monoisotopic (exact) mass is 276 g/mol. The average molecular weight is 276 g/mol. The summed E-state index contributed by atoms with van der Waals surface area (Å²) in [7, 11) is 3.73. The standard InChI is InChI=1S/C16H24N2O2/c1-12-4-5-13(20-12)11-18-8-6-16(7-9-18)10-14(16)15(19)17(2)3/h4-5,14H,6-11H2,1-3H3/t14-/m0/s1. The fourth-order valence-electron chi connectivity index (χ4n) is 3.51. The van der Waals surface area contributed by atoms with Crippen LogP contribution in [0.15, 0.2) is 16.5 Å². The van der Waals surface area contributed by atoms with Gasteiger partial charge >= 0.3 is 0 Å². The molecular weight excluding hydrogens is 252 g/mol. The number of piperidine rings is 1. The number of nitrogens with zero attached hydrogens (tertiary/aromatic N) is 2. The molecule has 3 rings (SSSR count). The largest absolute Gasteiger partial charge is 0.465 e. The summed E-state index contributed by atoms with van der Waals surface area (Å²) in [5.74, 6) is 2.63. The van der Waals surface area contributed by atoms with Crippen LogP contribution in [-0.4, -0.2) is 42.9 Å². The highest BCUT2D eigenvalue weighted by molar-refractivity contribution is 5.82. The van der Waals surface area contributed by atoms with Gasteiger partial charge in [-0.05, 0) is 56.8 Å². The zero-order valence-corrected chi connectivity index (χ0v) is 12.7. The zero-order valence-electron chi connectivity index (χ0n) is 12.7. The van der Waals surface area contributed by atoms with Gasteiger partial charge in [0.1, 0.15) is 11.5 Å². The van der Waals surface area contributed by atoms with Crippen LogP contribution in [0, 0.1) is 18.3 Å². The van der Waals surface area contributed by atoms with Gasteiger partial charge in [-0.25, -0.2) is 0 Å². The first-order valence-electron chi connectivity index (χ1n) is 7.49. The summed E-state index contributed by atoms with van der Waals surface area (Å²) < 4.78 is 5.64. The molecule has 2 heterocycles. The molecular formula is C16H24N2O2. The number of aryl methyl sites for hydroxylation is 1. The first-order valence-corrected chi connectivity index (χ1v) is 7.49. The topological polar surface area (TPSA) is 36.7 Å². The van der Waals surface area contributed by atoms with Gasteiger partial charge in [0.15, 0.2) is 0 Å². The van der Waals surface area contributed by atoms with Crippen LogP contribution in [0.1, 0.15) is 30.8 Å². The van der Waals surface area contributed by atoms with E-state index in [0.717, 1.165) is 50.4 Å². The highest BCUT2D eigenvalue weighted by Crippen LogP contribution is 2.59. The van der Waals surface area contributed by atoms with Gasteiger partial charge in [-0.3, -0.25) is 9.69 Å². The second kappa shape index (κ2) is 4.92. The van der Waals surface area contributed by atoms with E-state index in [2.05, 4.69) is 11.0 Å². The van der Waals surface area contributed by atoms with Crippen molar-refractivity contribution in [3.8, 4) is 0 Å². The van der Waals surface area contributed by atoms with Crippen molar-refractivity contribution in [3.63, 3.8) is 0 Å². The van der Waals surface area contributed by atoms with Gasteiger partial charge in [-0.15, -0.1) is 0 Å². The van der Waals surface area contributed by atoms with Gasteiger partial charge in [0, 0.05) is 20.0 Å². The predicted octanol–water partition coefficient (Wildman–Crippen LogP) is 2.28. The van der Waals surface area contributed by atoms with Crippen molar-refractivity contribution in [2.24, 2.45) is 11.3 Å². The molecule has 110 valence electrons. The van der Waals surface area contributed by atoms with Gasteiger partial charge in [0.2, 0.25) is 5.91 Å². The Labute approximate surface area is 120 Å². The highest BCUT2D eigenvalue weighted by atomic mass is 16.3. The third-order valence-electron chi connectivity index (χ3n) is 4.96. The van der Waals surface area contributed by atoms with Crippen LogP contribution in [0.3, 0.4) is 0 Å². The van der Waals surface area contributed by atoms with E-state index in [0.29, 0.717) is 11.3 Å². The SMILES string of the molecule is Cc1ccc(CN2CCC3(CC2)C[C@H]3C(=O)N(C)C)o1. The number of carbonyl (C=O) groups excluding carboxylic acids is 1. The predicted molar refractivity (Wildman–Crippen MR) is 77.2 cm³/mol. The van der Waals surface area contributed by atoms with E-state index in [1.807, 2.05) is 27.1 Å². The van der Waals surface area contributed by atoms with Crippen molar-refractivity contribution in [2.45, 2.75) is 32.7 Å². The minimum Gasteiger partial charge on any atom is -0.465 e. The molecule has 1 amide bonds. The summed E-state index contributed by atoms with van der Waals surface area (Å²) in [5.41, 5.74) is 0.316. The van der Waals surface area contributed by atoms with E-state index in [1.54, 1.807) is 4.90 Å². The zero-order chi connectivity index (χ0) is 14.3. The smallest absolute Gasteiger partial charge is 0.225 e. The molecule has 1 aromatic rings. The summed E-state index contributed by atoms with van der Waals surface area (Å²) in [6, 6.07) is 4.09. The Morgan fingerprint density at radius 3 is 2.65 bits per heavy atom. The normalized spacial score (nSPS) is 24.9. The second-order valence-electron chi connectivity index (χ2n) is 6.64. The van der Waals surface area contributed by atoms with Crippen LogP contribution in [-0.2, 0) is 11.3 Å². The molecule has 0 bridgehead atoms. The summed E-state index contributed by atoms with van der Waals surface area (Å²) in [6.07, 6.45) is 3.39. The second-order valence-corrected chi connectivity index (χ2v) is 6.64. The molecule has 1 aromatic heterocycles. The molecule has 4 nitrogen and oxygen atoms in total. The maximum Gasteiger partial charge on any atom is 0.225 e. The molecule has 1 aliphatic heterocycles. The summed E-state index contributed by atoms with van der Waals surface area (Å²) in [4.78, 5) is 16.2. The van der Waals surface area contributed by atoms with E-state index in [9.17, 15) is 4.79 Å². The van der Waals surface area contributed by atoms with Crippen molar-refractivity contribution in [3.05, 3.63) is 23.7 Å². The number of furan rings is 1. The van der Waals surface area contributed by atoms with E-state index in [4.69, 9.17) is 4.42 Å². The molecule has 2 fully saturated rings. The van der Waals surface area contributed by atoms with Crippen LogP contribution in [0.2, 0.25) is 0 Å². The Morgan fingerprint density at radius 1 is 1.40 bits per heavy atom. The van der Waals surface area contributed by atoms with Crippen molar-refractivity contribution < 1.29 is 9.21 Å². The van der Waals surface area contributed by atoms with Crippen LogP contribution in [0.4, 0.5) is 0 Å². The molecule has 1 spiro atoms. The molecule has 0 aromatic carbocycles. The van der Waals surface area contributed by atoms with Gasteiger partial charge in [-0.2, -0.15) is 0 Å². The van der Waals surface area contributed by atoms with E-state index >= 15 is 0 Å². The molecule has 1 atom stereocenters.